The molecule has 0 saturated heterocycles. The van der Waals surface area contributed by atoms with Crippen LogP contribution in [0.4, 0.5) is 0 Å². The predicted octanol–water partition coefficient (Wildman–Crippen LogP) is 6.71. The fourth-order valence-electron chi connectivity index (χ4n) is 6.16. The van der Waals surface area contributed by atoms with Crippen LogP contribution >= 0.6 is 23.2 Å². The molecule has 0 unspecified atom stereocenters. The first kappa shape index (κ1) is 30.9. The van der Waals surface area contributed by atoms with Gasteiger partial charge in [0.1, 0.15) is 11.4 Å². The summed E-state index contributed by atoms with van der Waals surface area (Å²) in [4.78, 5) is 34.6. The maximum Gasteiger partial charge on any atom is 0.275 e. The molecule has 2 aliphatic rings. The van der Waals surface area contributed by atoms with Gasteiger partial charge in [0.05, 0.1) is 12.6 Å². The minimum atomic E-state index is -0.705. The molecule has 0 radical (unpaired) electrons. The van der Waals surface area contributed by atoms with E-state index in [1.165, 1.54) is 0 Å². The van der Waals surface area contributed by atoms with E-state index in [2.05, 4.69) is 60.2 Å². The third-order valence-corrected chi connectivity index (χ3v) is 8.72. The number of aromatic nitrogens is 4. The van der Waals surface area contributed by atoms with E-state index in [-0.39, 0.29) is 29.8 Å². The van der Waals surface area contributed by atoms with Crippen molar-refractivity contribution in [1.29, 1.82) is 0 Å². The molecule has 1 aliphatic carbocycles. The zero-order valence-corrected chi connectivity index (χ0v) is 26.5. The lowest BCUT2D eigenvalue weighted by Gasteiger charge is -2.46. The molecule has 226 valence electrons. The summed E-state index contributed by atoms with van der Waals surface area (Å²) >= 11 is 12.7. The quantitative estimate of drug-likeness (QED) is 0.271. The number of carbonyl (C=O) groups is 2. The van der Waals surface area contributed by atoms with Crippen molar-refractivity contribution in [1.82, 2.24) is 30.8 Å². The summed E-state index contributed by atoms with van der Waals surface area (Å²) in [5, 5.41) is 17.3. The molecular formula is C32H37Cl2N7O2. The molecule has 1 atom stereocenters. The number of carbonyl (C=O) groups excluding carboxylic acids is 2. The average Bonchev–Trinajstić information content (AvgIpc) is 3.56. The standard InChI is InChI=1S/C32H37Cl2N7O2/c1-19(2)20-10-12-32(13-11-20)36-28(23-14-24(33)16-25(34)15-23)30(43)41(32)26(17-31(3,4)5)21-6-8-22(9-7-21)29(42)35-18-27-37-39-40-38-27/h6-9,14-16,20,26H,1,10-13,17-18H2,2-5H3,(H,35,42)(H,37,38,39,40)/t20?,26-,32?/m1/s1. The summed E-state index contributed by atoms with van der Waals surface area (Å²) < 4.78 is 0. The molecule has 9 nitrogen and oxygen atoms in total. The van der Waals surface area contributed by atoms with Crippen LogP contribution in [0.5, 0.6) is 0 Å². The predicted molar refractivity (Wildman–Crippen MR) is 168 cm³/mol. The van der Waals surface area contributed by atoms with Crippen molar-refractivity contribution in [2.45, 2.75) is 78.0 Å². The molecule has 3 aromatic rings. The summed E-state index contributed by atoms with van der Waals surface area (Å²) in [5.74, 6) is 0.405. The van der Waals surface area contributed by atoms with E-state index in [1.54, 1.807) is 30.3 Å². The number of hydrogen-bond acceptors (Lipinski definition) is 6. The van der Waals surface area contributed by atoms with Crippen LogP contribution in [0.25, 0.3) is 0 Å². The number of nitrogens with one attached hydrogen (secondary N) is 2. The normalized spacial score (nSPS) is 21.2. The second-order valence-electron chi connectivity index (χ2n) is 12.8. The molecule has 2 N–H and O–H groups in total. The third-order valence-electron chi connectivity index (χ3n) is 8.28. The molecule has 1 aliphatic heterocycles. The van der Waals surface area contributed by atoms with Crippen molar-refractivity contribution in [3.05, 3.63) is 87.2 Å². The summed E-state index contributed by atoms with van der Waals surface area (Å²) in [6, 6.07) is 12.3. The van der Waals surface area contributed by atoms with E-state index >= 15 is 0 Å². The Hall–Kier alpha value is -3.56. The van der Waals surface area contributed by atoms with Crippen molar-refractivity contribution >= 4 is 40.7 Å². The van der Waals surface area contributed by atoms with Crippen molar-refractivity contribution in [3.8, 4) is 0 Å². The van der Waals surface area contributed by atoms with Gasteiger partial charge in [-0.15, -0.1) is 10.2 Å². The molecule has 11 heteroatoms. The summed E-state index contributed by atoms with van der Waals surface area (Å²) in [6.07, 6.45) is 3.95. The van der Waals surface area contributed by atoms with Gasteiger partial charge in [-0.1, -0.05) is 73.5 Å². The smallest absolute Gasteiger partial charge is 0.275 e. The highest BCUT2D eigenvalue weighted by Gasteiger charge is 2.52. The first-order chi connectivity index (χ1) is 20.3. The van der Waals surface area contributed by atoms with Crippen molar-refractivity contribution in [3.63, 3.8) is 0 Å². The first-order valence-corrected chi connectivity index (χ1v) is 15.3. The van der Waals surface area contributed by atoms with Crippen LogP contribution in [0.1, 0.15) is 93.2 Å². The Kier molecular flexibility index (Phi) is 8.77. The number of hydrogen-bond donors (Lipinski definition) is 2. The van der Waals surface area contributed by atoms with Gasteiger partial charge in [0.2, 0.25) is 0 Å². The third kappa shape index (κ3) is 6.83. The number of aromatic amines is 1. The number of nitrogens with zero attached hydrogens (tertiary/aromatic N) is 5. The second-order valence-corrected chi connectivity index (χ2v) is 13.7. The molecule has 5 rings (SSSR count). The van der Waals surface area contributed by atoms with Crippen molar-refractivity contribution < 1.29 is 9.59 Å². The lowest BCUT2D eigenvalue weighted by Crippen LogP contribution is -2.51. The van der Waals surface area contributed by atoms with Crippen molar-refractivity contribution in [2.75, 3.05) is 0 Å². The van der Waals surface area contributed by atoms with E-state index < -0.39 is 5.66 Å². The molecule has 2 amide bonds. The topological polar surface area (TPSA) is 116 Å². The Morgan fingerprint density at radius 1 is 1.14 bits per heavy atom. The number of aliphatic imine (C=N–C) groups is 1. The maximum absolute atomic E-state index is 14.5. The zero-order chi connectivity index (χ0) is 30.9. The highest BCUT2D eigenvalue weighted by atomic mass is 35.5. The lowest BCUT2D eigenvalue weighted by atomic mass is 9.76. The number of rotatable bonds is 8. The molecule has 0 bridgehead atoms. The maximum atomic E-state index is 14.5. The minimum Gasteiger partial charge on any atom is -0.345 e. The number of benzene rings is 2. The fraction of sp³-hybridized carbons (Fsp3) is 0.438. The van der Waals surface area contributed by atoms with Gasteiger partial charge in [0.15, 0.2) is 5.82 Å². The first-order valence-electron chi connectivity index (χ1n) is 14.5. The Balaban J connectivity index is 1.51. The van der Waals surface area contributed by atoms with E-state index in [4.69, 9.17) is 28.2 Å². The highest BCUT2D eigenvalue weighted by Crippen LogP contribution is 2.49. The Morgan fingerprint density at radius 3 is 2.35 bits per heavy atom. The Labute approximate surface area is 262 Å². The van der Waals surface area contributed by atoms with Crippen LogP contribution in [0.15, 0.2) is 59.6 Å². The molecule has 1 aromatic heterocycles. The van der Waals surface area contributed by atoms with Gasteiger partial charge >= 0.3 is 0 Å². The van der Waals surface area contributed by atoms with E-state index in [0.717, 1.165) is 36.8 Å². The van der Waals surface area contributed by atoms with Crippen LogP contribution in [0.2, 0.25) is 10.0 Å². The van der Waals surface area contributed by atoms with E-state index in [9.17, 15) is 9.59 Å². The highest BCUT2D eigenvalue weighted by molar-refractivity contribution is 6.47. The summed E-state index contributed by atoms with van der Waals surface area (Å²) in [5.41, 5.74) is 2.80. The molecule has 2 aromatic carbocycles. The minimum absolute atomic E-state index is 0.107. The summed E-state index contributed by atoms with van der Waals surface area (Å²) in [7, 11) is 0. The number of tetrazole rings is 1. The molecule has 43 heavy (non-hydrogen) atoms. The zero-order valence-electron chi connectivity index (χ0n) is 25.0. The van der Waals surface area contributed by atoms with Gasteiger partial charge in [-0.05, 0) is 86.3 Å². The van der Waals surface area contributed by atoms with Crippen LogP contribution in [-0.4, -0.2) is 48.7 Å². The molecule has 1 saturated carbocycles. The second kappa shape index (κ2) is 12.2. The largest absolute Gasteiger partial charge is 0.345 e. The number of allylic oxidation sites excluding steroid dienone is 1. The van der Waals surface area contributed by atoms with Gasteiger partial charge in [0.25, 0.3) is 11.8 Å². The number of H-pyrrole nitrogens is 1. The Morgan fingerprint density at radius 2 is 1.79 bits per heavy atom. The molecular weight excluding hydrogens is 585 g/mol. The van der Waals surface area contributed by atoms with Crippen molar-refractivity contribution in [2.24, 2.45) is 16.3 Å². The van der Waals surface area contributed by atoms with Gasteiger partial charge in [-0.25, -0.2) is 0 Å². The Bertz CT molecular complexity index is 1520. The molecule has 1 spiro atoms. The van der Waals surface area contributed by atoms with Crippen LogP contribution < -0.4 is 5.32 Å². The lowest BCUT2D eigenvalue weighted by molar-refractivity contribution is -0.133. The van der Waals surface area contributed by atoms with Crippen LogP contribution in [-0.2, 0) is 11.3 Å². The van der Waals surface area contributed by atoms with Gasteiger partial charge in [-0.3, -0.25) is 14.6 Å². The van der Waals surface area contributed by atoms with E-state index in [0.29, 0.717) is 45.0 Å². The number of halogens is 2. The van der Waals surface area contributed by atoms with Crippen LogP contribution in [0, 0.1) is 11.3 Å². The van der Waals surface area contributed by atoms with Crippen LogP contribution in [0.3, 0.4) is 0 Å². The van der Waals surface area contributed by atoms with E-state index in [1.807, 2.05) is 17.0 Å². The summed E-state index contributed by atoms with van der Waals surface area (Å²) in [6.45, 7) is 12.9. The molecule has 2 heterocycles. The van der Waals surface area contributed by atoms with Gasteiger partial charge in [0, 0.05) is 21.2 Å². The molecule has 1 fully saturated rings. The number of amides is 2. The fourth-order valence-corrected chi connectivity index (χ4v) is 6.69. The van der Waals surface area contributed by atoms with Gasteiger partial charge in [-0.2, -0.15) is 5.21 Å². The van der Waals surface area contributed by atoms with Gasteiger partial charge < -0.3 is 10.2 Å². The average molecular weight is 623 g/mol. The SMILES string of the molecule is C=C(C)C1CCC2(CC1)N=C(c1cc(Cl)cc(Cl)c1)C(=O)N2[C@H](CC(C)(C)C)c1ccc(C(=O)NCc2nn[nH]n2)cc1. The monoisotopic (exact) mass is 621 g/mol.